The monoisotopic (exact) mass is 375 g/mol. The molecule has 1 rings (SSSR count). The van der Waals surface area contributed by atoms with E-state index in [4.69, 9.17) is 24.5 Å². The summed E-state index contributed by atoms with van der Waals surface area (Å²) < 4.78 is 6.94. The number of rotatable bonds is 5. The number of nitrogens with zero attached hydrogens (tertiary/aromatic N) is 1. The molecule has 7 heteroatoms. The largest absolute Gasteiger partial charge is 0.493 e. The maximum absolute atomic E-state index is 9.10. The Bertz CT molecular complexity index is 482. The summed E-state index contributed by atoms with van der Waals surface area (Å²) in [6.07, 6.45) is 1.06. The minimum Gasteiger partial charge on any atom is -0.493 e. The van der Waals surface area contributed by atoms with E-state index in [-0.39, 0.29) is 0 Å². The van der Waals surface area contributed by atoms with Crippen LogP contribution in [-0.4, -0.2) is 54.3 Å². The lowest BCUT2D eigenvalue weighted by Crippen LogP contribution is -2.15. The summed E-state index contributed by atoms with van der Waals surface area (Å²) in [6, 6.07) is 4.18. The van der Waals surface area contributed by atoms with Gasteiger partial charge in [-0.15, -0.1) is 0 Å². The zero-order valence-electron chi connectivity index (χ0n) is 13.2. The second-order valence-corrected chi connectivity index (χ2v) is 5.90. The van der Waals surface area contributed by atoms with Gasteiger partial charge in [-0.05, 0) is 57.6 Å². The Morgan fingerprint density at radius 1 is 1.14 bits per heavy atom. The fraction of sp³-hybridized carbons (Fsp3) is 0.467. The Morgan fingerprint density at radius 2 is 1.59 bits per heavy atom. The number of halogens is 1. The first kappa shape index (κ1) is 20.4. The van der Waals surface area contributed by atoms with Crippen molar-refractivity contribution in [3.05, 3.63) is 27.7 Å². The van der Waals surface area contributed by atoms with E-state index in [0.29, 0.717) is 0 Å². The number of carboxylic acids is 2. The standard InChI is InChI=1S/C13H20BrNO.C2H2O4/c1-10-8-12(14)9-11(2)13(10)16-7-5-6-15(3)4;3-1(4)2(5)6/h8-9H,5-7H2,1-4H3;(H,3,4)(H,5,6). The highest BCUT2D eigenvalue weighted by Crippen LogP contribution is 2.27. The highest BCUT2D eigenvalue weighted by Gasteiger charge is 2.05. The third-order valence-corrected chi connectivity index (χ3v) is 3.06. The van der Waals surface area contributed by atoms with Crippen molar-refractivity contribution in [2.45, 2.75) is 20.3 Å². The molecule has 0 aliphatic heterocycles. The first-order valence-corrected chi connectivity index (χ1v) is 7.45. The van der Waals surface area contributed by atoms with Gasteiger partial charge in [-0.2, -0.15) is 0 Å². The van der Waals surface area contributed by atoms with Gasteiger partial charge in [0.2, 0.25) is 0 Å². The molecule has 0 heterocycles. The SMILES string of the molecule is Cc1cc(Br)cc(C)c1OCCCN(C)C.O=C(O)C(=O)O. The molecule has 22 heavy (non-hydrogen) atoms. The minimum atomic E-state index is -1.82. The van der Waals surface area contributed by atoms with E-state index in [9.17, 15) is 0 Å². The van der Waals surface area contributed by atoms with E-state index in [0.717, 1.165) is 29.8 Å². The Balaban J connectivity index is 0.000000626. The first-order chi connectivity index (χ1) is 10.1. The van der Waals surface area contributed by atoms with E-state index >= 15 is 0 Å². The van der Waals surface area contributed by atoms with Crippen molar-refractivity contribution in [3.63, 3.8) is 0 Å². The number of benzene rings is 1. The van der Waals surface area contributed by atoms with Crippen LogP contribution in [0.3, 0.4) is 0 Å². The number of aliphatic carboxylic acids is 2. The van der Waals surface area contributed by atoms with Gasteiger partial charge >= 0.3 is 11.9 Å². The van der Waals surface area contributed by atoms with E-state index in [1.54, 1.807) is 0 Å². The van der Waals surface area contributed by atoms with Crippen LogP contribution in [0.15, 0.2) is 16.6 Å². The minimum absolute atomic E-state index is 0.779. The van der Waals surface area contributed by atoms with Gasteiger partial charge in [0, 0.05) is 11.0 Å². The molecule has 1 aromatic carbocycles. The van der Waals surface area contributed by atoms with Gasteiger partial charge in [0.05, 0.1) is 6.61 Å². The van der Waals surface area contributed by atoms with E-state index in [1.807, 2.05) is 0 Å². The van der Waals surface area contributed by atoms with E-state index in [2.05, 4.69) is 60.9 Å². The van der Waals surface area contributed by atoms with Crippen LogP contribution in [-0.2, 0) is 9.59 Å². The molecular formula is C15H22BrNO5. The van der Waals surface area contributed by atoms with Crippen molar-refractivity contribution < 1.29 is 24.5 Å². The lowest BCUT2D eigenvalue weighted by Gasteiger charge is -2.14. The molecule has 0 unspecified atom stereocenters. The predicted octanol–water partition coefficient (Wildman–Crippen LogP) is 2.55. The van der Waals surface area contributed by atoms with Crippen molar-refractivity contribution in [2.75, 3.05) is 27.2 Å². The summed E-state index contributed by atoms with van der Waals surface area (Å²) in [7, 11) is 4.16. The van der Waals surface area contributed by atoms with Crippen molar-refractivity contribution >= 4 is 27.9 Å². The van der Waals surface area contributed by atoms with Gasteiger partial charge in [0.15, 0.2) is 0 Å². The van der Waals surface area contributed by atoms with Crippen molar-refractivity contribution in [3.8, 4) is 5.75 Å². The topological polar surface area (TPSA) is 87.1 Å². The van der Waals surface area contributed by atoms with Crippen LogP contribution >= 0.6 is 15.9 Å². The fourth-order valence-corrected chi connectivity index (χ4v) is 2.37. The van der Waals surface area contributed by atoms with Crippen LogP contribution < -0.4 is 4.74 Å². The lowest BCUT2D eigenvalue weighted by molar-refractivity contribution is -0.159. The van der Waals surface area contributed by atoms with Crippen LogP contribution in [0.25, 0.3) is 0 Å². The second-order valence-electron chi connectivity index (χ2n) is 4.98. The molecule has 0 bridgehead atoms. The van der Waals surface area contributed by atoms with Gasteiger partial charge in [-0.3, -0.25) is 0 Å². The number of carboxylic acid groups (broad SMARTS) is 2. The van der Waals surface area contributed by atoms with E-state index < -0.39 is 11.9 Å². The molecule has 0 amide bonds. The van der Waals surface area contributed by atoms with Gasteiger partial charge in [0.25, 0.3) is 0 Å². The molecule has 0 spiro atoms. The third-order valence-electron chi connectivity index (χ3n) is 2.60. The summed E-state index contributed by atoms with van der Waals surface area (Å²) in [5.74, 6) is -2.62. The molecule has 1 aromatic rings. The van der Waals surface area contributed by atoms with Crippen LogP contribution in [0.2, 0.25) is 0 Å². The molecule has 0 aromatic heterocycles. The molecular weight excluding hydrogens is 354 g/mol. The maximum atomic E-state index is 9.10. The highest BCUT2D eigenvalue weighted by molar-refractivity contribution is 9.10. The molecule has 0 radical (unpaired) electrons. The summed E-state index contributed by atoms with van der Waals surface area (Å²) >= 11 is 3.49. The molecule has 0 aliphatic rings. The lowest BCUT2D eigenvalue weighted by atomic mass is 10.1. The molecule has 2 N–H and O–H groups in total. The van der Waals surface area contributed by atoms with Crippen LogP contribution in [0.1, 0.15) is 17.5 Å². The summed E-state index contributed by atoms with van der Waals surface area (Å²) in [5.41, 5.74) is 2.38. The maximum Gasteiger partial charge on any atom is 0.414 e. The van der Waals surface area contributed by atoms with Gasteiger partial charge in [0.1, 0.15) is 5.75 Å². The Hall–Kier alpha value is -1.60. The Kier molecular flexibility index (Phi) is 9.44. The van der Waals surface area contributed by atoms with Crippen LogP contribution in [0, 0.1) is 13.8 Å². The van der Waals surface area contributed by atoms with Crippen molar-refractivity contribution in [1.29, 1.82) is 0 Å². The number of ether oxygens (including phenoxy) is 1. The first-order valence-electron chi connectivity index (χ1n) is 6.65. The summed E-state index contributed by atoms with van der Waals surface area (Å²) in [5, 5.41) is 14.8. The molecule has 0 fully saturated rings. The number of hydrogen-bond acceptors (Lipinski definition) is 4. The van der Waals surface area contributed by atoms with Gasteiger partial charge < -0.3 is 19.8 Å². The second kappa shape index (κ2) is 10.2. The number of carbonyl (C=O) groups is 2. The average Bonchev–Trinajstić information content (AvgIpc) is 2.36. The highest BCUT2D eigenvalue weighted by atomic mass is 79.9. The smallest absolute Gasteiger partial charge is 0.414 e. The third kappa shape index (κ3) is 8.63. The van der Waals surface area contributed by atoms with E-state index in [1.165, 1.54) is 11.1 Å². The quantitative estimate of drug-likeness (QED) is 0.607. The molecule has 0 saturated carbocycles. The number of hydrogen-bond donors (Lipinski definition) is 2. The van der Waals surface area contributed by atoms with Crippen molar-refractivity contribution in [2.24, 2.45) is 0 Å². The Labute approximate surface area is 138 Å². The summed E-state index contributed by atoms with van der Waals surface area (Å²) in [4.78, 5) is 20.4. The molecule has 0 atom stereocenters. The molecule has 6 nitrogen and oxygen atoms in total. The molecule has 0 aliphatic carbocycles. The summed E-state index contributed by atoms with van der Waals surface area (Å²) in [6.45, 7) is 6.01. The van der Waals surface area contributed by atoms with Gasteiger partial charge in [-0.25, -0.2) is 9.59 Å². The Morgan fingerprint density at radius 3 is 1.95 bits per heavy atom. The normalized spacial score (nSPS) is 9.91. The molecule has 124 valence electrons. The zero-order chi connectivity index (χ0) is 17.3. The molecule has 0 saturated heterocycles. The number of aryl methyl sites for hydroxylation is 2. The average molecular weight is 376 g/mol. The zero-order valence-corrected chi connectivity index (χ0v) is 14.8. The fourth-order valence-electron chi connectivity index (χ4n) is 1.68. The van der Waals surface area contributed by atoms with Gasteiger partial charge in [-0.1, -0.05) is 15.9 Å². The van der Waals surface area contributed by atoms with Crippen LogP contribution in [0.4, 0.5) is 0 Å². The van der Waals surface area contributed by atoms with Crippen molar-refractivity contribution in [1.82, 2.24) is 4.90 Å². The predicted molar refractivity (Wildman–Crippen MR) is 87.6 cm³/mol. The van der Waals surface area contributed by atoms with Crippen LogP contribution in [0.5, 0.6) is 5.75 Å².